The van der Waals surface area contributed by atoms with E-state index >= 15 is 0 Å². The third-order valence-electron chi connectivity index (χ3n) is 5.04. The third kappa shape index (κ3) is 2.39. The van der Waals surface area contributed by atoms with Crippen LogP contribution in [0.1, 0.15) is 70.4 Å². The van der Waals surface area contributed by atoms with Crippen LogP contribution in [-0.4, -0.2) is 5.54 Å². The van der Waals surface area contributed by atoms with Crippen molar-refractivity contribution in [2.45, 2.75) is 64.8 Å². The number of hydrogen-bond acceptors (Lipinski definition) is 1. The summed E-state index contributed by atoms with van der Waals surface area (Å²) in [7, 11) is 0. The molecule has 1 nitrogen and oxygen atoms in total. The molecule has 0 bridgehead atoms. The molecule has 1 saturated carbocycles. The minimum Gasteiger partial charge on any atom is -0.376 e. The van der Waals surface area contributed by atoms with E-state index in [1.165, 1.54) is 48.1 Å². The summed E-state index contributed by atoms with van der Waals surface area (Å²) in [6.45, 7) is 9.20. The van der Waals surface area contributed by atoms with Gasteiger partial charge in [-0.2, -0.15) is 0 Å². The average molecular weight is 272 g/mol. The first-order valence-electron chi connectivity index (χ1n) is 8.11. The monoisotopic (exact) mass is 272 g/mol. The van der Waals surface area contributed by atoms with Crippen LogP contribution in [0.25, 0.3) is 5.57 Å². The van der Waals surface area contributed by atoms with Gasteiger partial charge in [-0.05, 0) is 54.9 Å². The lowest BCUT2D eigenvalue weighted by molar-refractivity contribution is 0.301. The Balaban J connectivity index is 1.97. The summed E-state index contributed by atoms with van der Waals surface area (Å²) in [5, 5.41) is 3.86. The Morgan fingerprint density at radius 2 is 2.10 bits per heavy atom. The highest BCUT2D eigenvalue weighted by molar-refractivity contribution is 5.80. The van der Waals surface area contributed by atoms with Gasteiger partial charge in [0.05, 0.1) is 5.54 Å². The van der Waals surface area contributed by atoms with Crippen molar-refractivity contribution < 1.29 is 0 Å². The molecule has 1 heteroatoms. The quantitative estimate of drug-likeness (QED) is 0.657. The molecule has 1 fully saturated rings. The fourth-order valence-corrected chi connectivity index (χ4v) is 3.99. The van der Waals surface area contributed by atoms with Crippen LogP contribution in [0.15, 0.2) is 24.3 Å². The minimum absolute atomic E-state index is 0.216. The molecule has 1 aliphatic carbocycles. The lowest BCUT2D eigenvalue weighted by Crippen LogP contribution is -2.42. The van der Waals surface area contributed by atoms with E-state index in [-0.39, 0.29) is 5.54 Å². The van der Waals surface area contributed by atoms with Gasteiger partial charge in [-0.25, -0.2) is 0 Å². The lowest BCUT2D eigenvalue weighted by atomic mass is 9.80. The summed E-state index contributed by atoms with van der Waals surface area (Å²) in [6, 6.07) is 6.95. The fourth-order valence-electron chi connectivity index (χ4n) is 3.99. The van der Waals surface area contributed by atoms with Crippen LogP contribution in [0.3, 0.4) is 0 Å². The van der Waals surface area contributed by atoms with E-state index in [9.17, 15) is 0 Å². The number of fused-ring (bicyclic) bond motifs is 1. The minimum atomic E-state index is 0.216. The van der Waals surface area contributed by atoms with E-state index in [1.807, 2.05) is 0 Å². The summed E-state index contributed by atoms with van der Waals surface area (Å²) in [5.74, 6) is 1.43. The van der Waals surface area contributed by atoms with Crippen LogP contribution in [0.2, 0.25) is 0 Å². The maximum absolute atomic E-state index is 3.86. The Kier molecular flexibility index (Phi) is 3.40. The highest BCUT2D eigenvalue weighted by Gasteiger charge is 2.35. The largest absolute Gasteiger partial charge is 0.376 e. The molecule has 0 radical (unpaired) electrons. The SMILES string of the molecule is CC(C)c1ccc2c(c1)C([13CH3])=[13CH]C1(CCCC([13CH3])C1)N2. The second kappa shape index (κ2) is 4.95. The first-order chi connectivity index (χ1) is 9.49. The second-order valence-electron chi connectivity index (χ2n) is 7.27. The Bertz CT molecular complexity index is 541. The molecule has 3 rings (SSSR count). The average Bonchev–Trinajstić information content (AvgIpc) is 2.37. The molecule has 2 aliphatic rings. The van der Waals surface area contributed by atoms with Crippen molar-refractivity contribution in [3.8, 4) is 0 Å². The Morgan fingerprint density at radius 3 is 2.80 bits per heavy atom. The molecule has 1 spiro atoms. The molecule has 1 aromatic rings. The number of anilines is 1. The van der Waals surface area contributed by atoms with E-state index in [4.69, 9.17) is 0 Å². The first-order valence-corrected chi connectivity index (χ1v) is 8.11. The molecular weight excluding hydrogens is 245 g/mol. The van der Waals surface area contributed by atoms with Gasteiger partial charge < -0.3 is 5.32 Å². The smallest absolute Gasteiger partial charge is 0.0564 e. The molecule has 0 saturated heterocycles. The van der Waals surface area contributed by atoms with Gasteiger partial charge in [0.2, 0.25) is 0 Å². The van der Waals surface area contributed by atoms with Crippen molar-refractivity contribution in [1.29, 1.82) is 0 Å². The maximum atomic E-state index is 3.86. The van der Waals surface area contributed by atoms with Crippen molar-refractivity contribution >= 4 is 11.3 Å². The van der Waals surface area contributed by atoms with Crippen molar-refractivity contribution in [2.75, 3.05) is 5.32 Å². The summed E-state index contributed by atoms with van der Waals surface area (Å²) in [6.07, 6.45) is 7.79. The van der Waals surface area contributed by atoms with Crippen molar-refractivity contribution in [1.82, 2.24) is 0 Å². The van der Waals surface area contributed by atoms with Crippen molar-refractivity contribution in [2.24, 2.45) is 5.92 Å². The topological polar surface area (TPSA) is 12.0 Å². The van der Waals surface area contributed by atoms with Crippen LogP contribution in [-0.2, 0) is 0 Å². The number of benzene rings is 1. The van der Waals surface area contributed by atoms with E-state index < -0.39 is 0 Å². The van der Waals surface area contributed by atoms with Crippen LogP contribution < -0.4 is 5.32 Å². The van der Waals surface area contributed by atoms with Gasteiger partial charge in [0, 0.05) is 11.3 Å². The van der Waals surface area contributed by atoms with Crippen LogP contribution in [0.5, 0.6) is 0 Å². The molecule has 1 aromatic carbocycles. The van der Waals surface area contributed by atoms with E-state index in [0.29, 0.717) is 5.92 Å². The van der Waals surface area contributed by atoms with Gasteiger partial charge in [-0.3, -0.25) is 0 Å². The Morgan fingerprint density at radius 1 is 1.30 bits per heavy atom. The number of nitrogens with one attached hydrogen (secondary N) is 1. The molecule has 1 heterocycles. The number of hydrogen-bond donors (Lipinski definition) is 1. The summed E-state index contributed by atoms with van der Waals surface area (Å²) >= 11 is 0. The van der Waals surface area contributed by atoms with Crippen LogP contribution in [0.4, 0.5) is 5.69 Å². The highest BCUT2D eigenvalue weighted by Crippen LogP contribution is 2.43. The summed E-state index contributed by atoms with van der Waals surface area (Å²) < 4.78 is 0. The van der Waals surface area contributed by atoms with Crippen molar-refractivity contribution in [3.05, 3.63) is 35.4 Å². The third-order valence-corrected chi connectivity index (χ3v) is 5.04. The standard InChI is InChI=1S/C19H27N/c1-13(2)16-7-8-18-17(10-16)15(4)12-19(20-18)9-5-6-14(3)11-19/h7-8,10,12-14,20H,5-6,9,11H2,1-4H3/i3+1,4+1,12+1. The van der Waals surface area contributed by atoms with Gasteiger partial charge in [0.25, 0.3) is 0 Å². The molecule has 0 aromatic heterocycles. The molecule has 2 atom stereocenters. The van der Waals surface area contributed by atoms with Crippen LogP contribution in [0, 0.1) is 5.92 Å². The van der Waals surface area contributed by atoms with Gasteiger partial charge in [-0.15, -0.1) is 0 Å². The first kappa shape index (κ1) is 13.7. The van der Waals surface area contributed by atoms with Crippen LogP contribution >= 0.6 is 0 Å². The molecular formula is C19H27N. The number of rotatable bonds is 1. The predicted molar refractivity (Wildman–Crippen MR) is 88.2 cm³/mol. The zero-order valence-electron chi connectivity index (χ0n) is 13.3. The number of allylic oxidation sites excluding steroid dienone is 1. The van der Waals surface area contributed by atoms with Gasteiger partial charge in [0.1, 0.15) is 0 Å². The predicted octanol–water partition coefficient (Wildman–Crippen LogP) is 5.59. The van der Waals surface area contributed by atoms with Gasteiger partial charge in [-0.1, -0.05) is 45.8 Å². The summed E-state index contributed by atoms with van der Waals surface area (Å²) in [5.41, 5.74) is 5.85. The Labute approximate surface area is 123 Å². The summed E-state index contributed by atoms with van der Waals surface area (Å²) in [4.78, 5) is 0. The zero-order valence-corrected chi connectivity index (χ0v) is 13.3. The van der Waals surface area contributed by atoms with E-state index in [2.05, 4.69) is 57.3 Å². The molecule has 1 N–H and O–H groups in total. The van der Waals surface area contributed by atoms with Gasteiger partial charge >= 0.3 is 0 Å². The fraction of sp³-hybridized carbons (Fsp3) is 0.579. The normalized spacial score (nSPS) is 29.1. The molecule has 1 aliphatic heterocycles. The maximum Gasteiger partial charge on any atom is 0.0564 e. The molecule has 108 valence electrons. The molecule has 20 heavy (non-hydrogen) atoms. The van der Waals surface area contributed by atoms with Gasteiger partial charge in [0.15, 0.2) is 0 Å². The lowest BCUT2D eigenvalue weighted by Gasteiger charge is -2.43. The Hall–Kier alpha value is -1.24. The molecule has 2 unspecified atom stereocenters. The second-order valence-corrected chi connectivity index (χ2v) is 7.27. The highest BCUT2D eigenvalue weighted by atomic mass is 15.0. The van der Waals surface area contributed by atoms with E-state index in [0.717, 1.165) is 5.92 Å². The zero-order chi connectivity index (χ0) is 14.3. The van der Waals surface area contributed by atoms with E-state index in [1.54, 1.807) is 0 Å². The molecule has 0 amide bonds. The van der Waals surface area contributed by atoms with Crippen molar-refractivity contribution in [3.63, 3.8) is 0 Å².